The van der Waals surface area contributed by atoms with Crippen molar-refractivity contribution < 1.29 is 9.53 Å². The number of rotatable bonds is 6. The third-order valence-corrected chi connectivity index (χ3v) is 3.98. The molecule has 0 bridgehead atoms. The third kappa shape index (κ3) is 5.92. The lowest BCUT2D eigenvalue weighted by atomic mass is 10.1. The number of nitrogens with one attached hydrogen (secondary N) is 1. The summed E-state index contributed by atoms with van der Waals surface area (Å²) in [6.07, 6.45) is 11.8. The highest BCUT2D eigenvalue weighted by Crippen LogP contribution is 2.17. The van der Waals surface area contributed by atoms with Gasteiger partial charge < -0.3 is 10.1 Å². The van der Waals surface area contributed by atoms with Crippen LogP contribution in [0.3, 0.4) is 0 Å². The molecule has 0 aliphatic heterocycles. The van der Waals surface area contributed by atoms with Gasteiger partial charge in [-0.25, -0.2) is 0 Å². The molecule has 2 rings (SSSR count). The highest BCUT2D eigenvalue weighted by Gasteiger charge is 2.12. The van der Waals surface area contributed by atoms with E-state index in [4.69, 9.17) is 4.74 Å². The minimum Gasteiger partial charge on any atom is -0.494 e. The molecule has 0 spiro atoms. The van der Waals surface area contributed by atoms with Crippen LogP contribution in [0.1, 0.15) is 57.4 Å². The summed E-state index contributed by atoms with van der Waals surface area (Å²) in [5.74, 6) is 0.889. The van der Waals surface area contributed by atoms with Gasteiger partial charge in [0.05, 0.1) is 6.61 Å². The molecule has 3 nitrogen and oxygen atoms in total. The number of hydrogen-bond acceptors (Lipinski definition) is 2. The van der Waals surface area contributed by atoms with E-state index in [1.807, 2.05) is 30.3 Å². The molecule has 1 aromatic carbocycles. The number of benzene rings is 1. The van der Waals surface area contributed by atoms with E-state index in [9.17, 15) is 4.79 Å². The van der Waals surface area contributed by atoms with Crippen LogP contribution in [0.25, 0.3) is 6.08 Å². The number of amides is 1. The van der Waals surface area contributed by atoms with Gasteiger partial charge in [0.2, 0.25) is 5.91 Å². The molecule has 1 aromatic rings. The van der Waals surface area contributed by atoms with E-state index in [0.717, 1.165) is 37.2 Å². The summed E-state index contributed by atoms with van der Waals surface area (Å²) >= 11 is 0. The molecule has 1 aliphatic rings. The van der Waals surface area contributed by atoms with Crippen molar-refractivity contribution >= 4 is 12.0 Å². The second-order valence-electron chi connectivity index (χ2n) is 5.95. The minimum atomic E-state index is 0.0122. The summed E-state index contributed by atoms with van der Waals surface area (Å²) in [6, 6.07) is 8.18. The molecule has 3 heteroatoms. The Bertz CT molecular complexity index is 471. The highest BCUT2D eigenvalue weighted by molar-refractivity contribution is 5.91. The maximum atomic E-state index is 12.0. The van der Waals surface area contributed by atoms with Crippen LogP contribution < -0.4 is 10.1 Å². The van der Waals surface area contributed by atoms with Gasteiger partial charge in [-0.3, -0.25) is 4.79 Å². The van der Waals surface area contributed by atoms with Crippen LogP contribution >= 0.6 is 0 Å². The fourth-order valence-electron chi connectivity index (χ4n) is 2.74. The van der Waals surface area contributed by atoms with Crippen molar-refractivity contribution in [1.82, 2.24) is 5.32 Å². The predicted molar refractivity (Wildman–Crippen MR) is 90.9 cm³/mol. The molecule has 1 fully saturated rings. The molecule has 0 unspecified atom stereocenters. The van der Waals surface area contributed by atoms with E-state index in [2.05, 4.69) is 12.2 Å². The SMILES string of the molecule is CCCOc1ccc(/C=C\C(=O)NC2CCCCCC2)cc1. The highest BCUT2D eigenvalue weighted by atomic mass is 16.5. The maximum absolute atomic E-state index is 12.0. The van der Waals surface area contributed by atoms with Crippen LogP contribution in [0.2, 0.25) is 0 Å². The Morgan fingerprint density at radius 2 is 1.86 bits per heavy atom. The van der Waals surface area contributed by atoms with E-state index in [-0.39, 0.29) is 5.91 Å². The lowest BCUT2D eigenvalue weighted by Gasteiger charge is -2.14. The Balaban J connectivity index is 1.81. The first-order chi connectivity index (χ1) is 10.8. The van der Waals surface area contributed by atoms with Gasteiger partial charge in [-0.2, -0.15) is 0 Å². The summed E-state index contributed by atoms with van der Waals surface area (Å²) in [5.41, 5.74) is 1.01. The Morgan fingerprint density at radius 3 is 2.50 bits per heavy atom. The molecule has 0 aromatic heterocycles. The van der Waals surface area contributed by atoms with Crippen molar-refractivity contribution in [2.75, 3.05) is 6.61 Å². The van der Waals surface area contributed by atoms with Crippen molar-refractivity contribution in [3.63, 3.8) is 0 Å². The average Bonchev–Trinajstić information content (AvgIpc) is 2.80. The molecule has 1 N–H and O–H groups in total. The lowest BCUT2D eigenvalue weighted by molar-refractivity contribution is -0.117. The predicted octanol–water partition coefficient (Wildman–Crippen LogP) is 4.33. The van der Waals surface area contributed by atoms with E-state index >= 15 is 0 Å². The third-order valence-electron chi connectivity index (χ3n) is 3.98. The molecule has 22 heavy (non-hydrogen) atoms. The molecule has 1 aliphatic carbocycles. The maximum Gasteiger partial charge on any atom is 0.244 e. The van der Waals surface area contributed by atoms with Crippen LogP contribution in [-0.2, 0) is 4.79 Å². The number of ether oxygens (including phenoxy) is 1. The van der Waals surface area contributed by atoms with Crippen molar-refractivity contribution in [3.05, 3.63) is 35.9 Å². The monoisotopic (exact) mass is 301 g/mol. The molecule has 0 atom stereocenters. The molecule has 0 saturated heterocycles. The van der Waals surface area contributed by atoms with Gasteiger partial charge in [-0.1, -0.05) is 44.7 Å². The largest absolute Gasteiger partial charge is 0.494 e. The smallest absolute Gasteiger partial charge is 0.244 e. The Hall–Kier alpha value is -1.77. The van der Waals surface area contributed by atoms with Gasteiger partial charge in [0.15, 0.2) is 0 Å². The van der Waals surface area contributed by atoms with E-state index in [1.54, 1.807) is 6.08 Å². The van der Waals surface area contributed by atoms with Gasteiger partial charge in [-0.05, 0) is 43.0 Å². The van der Waals surface area contributed by atoms with Crippen molar-refractivity contribution in [2.24, 2.45) is 0 Å². The molecule has 120 valence electrons. The van der Waals surface area contributed by atoms with Gasteiger partial charge >= 0.3 is 0 Å². The first kappa shape index (κ1) is 16.6. The normalized spacial score (nSPS) is 16.4. The summed E-state index contributed by atoms with van der Waals surface area (Å²) in [7, 11) is 0. The zero-order chi connectivity index (χ0) is 15.6. The average molecular weight is 301 g/mol. The van der Waals surface area contributed by atoms with Crippen LogP contribution in [0.5, 0.6) is 5.75 Å². The Morgan fingerprint density at radius 1 is 1.18 bits per heavy atom. The van der Waals surface area contributed by atoms with Crippen molar-refractivity contribution in [1.29, 1.82) is 0 Å². The molecule has 0 radical (unpaired) electrons. The van der Waals surface area contributed by atoms with Gasteiger partial charge in [-0.15, -0.1) is 0 Å². The van der Waals surface area contributed by atoms with Crippen LogP contribution in [0.15, 0.2) is 30.3 Å². The zero-order valence-corrected chi connectivity index (χ0v) is 13.5. The molecule has 0 heterocycles. The first-order valence-corrected chi connectivity index (χ1v) is 8.49. The quantitative estimate of drug-likeness (QED) is 0.627. The van der Waals surface area contributed by atoms with Gasteiger partial charge in [0.25, 0.3) is 0 Å². The van der Waals surface area contributed by atoms with E-state index < -0.39 is 0 Å². The fraction of sp³-hybridized carbons (Fsp3) is 0.526. The summed E-state index contributed by atoms with van der Waals surface area (Å²) < 4.78 is 5.54. The first-order valence-electron chi connectivity index (χ1n) is 8.49. The topological polar surface area (TPSA) is 38.3 Å². The molecule has 1 saturated carbocycles. The van der Waals surface area contributed by atoms with E-state index in [1.165, 1.54) is 25.7 Å². The molecular formula is C19H27NO2. The Labute approximate surface area is 133 Å². The van der Waals surface area contributed by atoms with Crippen LogP contribution in [-0.4, -0.2) is 18.6 Å². The van der Waals surface area contributed by atoms with Crippen molar-refractivity contribution in [3.8, 4) is 5.75 Å². The van der Waals surface area contributed by atoms with Gasteiger partial charge in [0, 0.05) is 12.1 Å². The summed E-state index contributed by atoms with van der Waals surface area (Å²) in [4.78, 5) is 12.0. The summed E-state index contributed by atoms with van der Waals surface area (Å²) in [6.45, 7) is 2.82. The lowest BCUT2D eigenvalue weighted by Crippen LogP contribution is -2.33. The Kier molecular flexibility index (Phi) is 7.01. The van der Waals surface area contributed by atoms with Crippen molar-refractivity contribution in [2.45, 2.75) is 57.9 Å². The second kappa shape index (κ2) is 9.29. The summed E-state index contributed by atoms with van der Waals surface area (Å²) in [5, 5.41) is 3.12. The fourth-order valence-corrected chi connectivity index (χ4v) is 2.74. The molecular weight excluding hydrogens is 274 g/mol. The number of hydrogen-bond donors (Lipinski definition) is 1. The van der Waals surface area contributed by atoms with Gasteiger partial charge in [0.1, 0.15) is 5.75 Å². The molecule has 1 amide bonds. The minimum absolute atomic E-state index is 0.0122. The van der Waals surface area contributed by atoms with Crippen LogP contribution in [0, 0.1) is 0 Å². The number of carbonyl (C=O) groups excluding carboxylic acids is 1. The second-order valence-corrected chi connectivity index (χ2v) is 5.95. The van der Waals surface area contributed by atoms with E-state index in [0.29, 0.717) is 6.04 Å². The van der Waals surface area contributed by atoms with Crippen LogP contribution in [0.4, 0.5) is 0 Å². The standard InChI is InChI=1S/C19H27NO2/c1-2-15-22-18-12-9-16(10-13-18)11-14-19(21)20-17-7-5-3-4-6-8-17/h9-14,17H,2-8,15H2,1H3,(H,20,21)/b14-11-. The zero-order valence-electron chi connectivity index (χ0n) is 13.5. The number of carbonyl (C=O) groups is 1.